The Labute approximate surface area is 132 Å². The normalized spacial score (nSPS) is 10.9. The minimum atomic E-state index is -0.294. The second kappa shape index (κ2) is 8.41. The van der Waals surface area contributed by atoms with Gasteiger partial charge in [0.25, 0.3) is 5.91 Å². The summed E-state index contributed by atoms with van der Waals surface area (Å²) >= 11 is 0. The molecule has 3 amide bonds. The van der Waals surface area contributed by atoms with Crippen LogP contribution in [-0.2, 0) is 0 Å². The first-order valence-corrected chi connectivity index (χ1v) is 7.79. The molecular formula is C17H27N3O2. The standard InChI is InChI=1S/C17H27N3O2/c1-5-6-7-11-18-16(22)19-14-10-8-9-13(12-14)15(21)20-17(2,3)4/h8-10,12H,5-7,11H2,1-4H3,(H,20,21)(H2,18,19,22). The molecule has 122 valence electrons. The Morgan fingerprint density at radius 2 is 1.86 bits per heavy atom. The van der Waals surface area contributed by atoms with Gasteiger partial charge in [-0.3, -0.25) is 4.79 Å². The van der Waals surface area contributed by atoms with Crippen molar-refractivity contribution in [3.05, 3.63) is 29.8 Å². The Balaban J connectivity index is 2.57. The van der Waals surface area contributed by atoms with Crippen molar-refractivity contribution < 1.29 is 9.59 Å². The minimum Gasteiger partial charge on any atom is -0.347 e. The average Bonchev–Trinajstić information content (AvgIpc) is 2.42. The van der Waals surface area contributed by atoms with Gasteiger partial charge >= 0.3 is 6.03 Å². The Morgan fingerprint density at radius 1 is 1.14 bits per heavy atom. The molecular weight excluding hydrogens is 278 g/mol. The molecule has 5 heteroatoms. The molecule has 1 aromatic carbocycles. The van der Waals surface area contributed by atoms with Gasteiger partial charge in [0.15, 0.2) is 0 Å². The smallest absolute Gasteiger partial charge is 0.319 e. The zero-order chi connectivity index (χ0) is 16.6. The molecule has 1 rings (SSSR count). The number of amides is 3. The highest BCUT2D eigenvalue weighted by Gasteiger charge is 2.15. The molecule has 3 N–H and O–H groups in total. The molecule has 0 radical (unpaired) electrons. The Hall–Kier alpha value is -2.04. The third-order valence-corrected chi connectivity index (χ3v) is 2.94. The molecule has 0 saturated carbocycles. The van der Waals surface area contributed by atoms with E-state index in [0.717, 1.165) is 19.3 Å². The molecule has 5 nitrogen and oxygen atoms in total. The number of urea groups is 1. The quantitative estimate of drug-likeness (QED) is 0.704. The van der Waals surface area contributed by atoms with Gasteiger partial charge in [-0.1, -0.05) is 25.8 Å². The first kappa shape index (κ1) is 18.0. The molecule has 0 saturated heterocycles. The number of nitrogens with one attached hydrogen (secondary N) is 3. The van der Waals surface area contributed by atoms with Crippen LogP contribution in [-0.4, -0.2) is 24.0 Å². The summed E-state index contributed by atoms with van der Waals surface area (Å²) in [6, 6.07) is 6.67. The lowest BCUT2D eigenvalue weighted by Gasteiger charge is -2.20. The molecule has 0 bridgehead atoms. The summed E-state index contributed by atoms with van der Waals surface area (Å²) in [6.45, 7) is 8.56. The van der Waals surface area contributed by atoms with Crippen LogP contribution in [0.5, 0.6) is 0 Å². The third-order valence-electron chi connectivity index (χ3n) is 2.94. The minimum absolute atomic E-state index is 0.153. The van der Waals surface area contributed by atoms with E-state index in [1.54, 1.807) is 24.3 Å². The van der Waals surface area contributed by atoms with Gasteiger partial charge in [0.05, 0.1) is 0 Å². The van der Waals surface area contributed by atoms with Crippen LogP contribution in [0, 0.1) is 0 Å². The number of carbonyl (C=O) groups is 2. The van der Waals surface area contributed by atoms with Crippen LogP contribution in [0.2, 0.25) is 0 Å². The highest BCUT2D eigenvalue weighted by molar-refractivity contribution is 5.97. The molecule has 0 fully saturated rings. The van der Waals surface area contributed by atoms with Crippen molar-refractivity contribution in [3.63, 3.8) is 0 Å². The third kappa shape index (κ3) is 7.11. The van der Waals surface area contributed by atoms with Crippen molar-refractivity contribution in [2.24, 2.45) is 0 Å². The lowest BCUT2D eigenvalue weighted by molar-refractivity contribution is 0.0919. The lowest BCUT2D eigenvalue weighted by Crippen LogP contribution is -2.40. The van der Waals surface area contributed by atoms with Crippen LogP contribution in [0.3, 0.4) is 0 Å². The van der Waals surface area contributed by atoms with E-state index in [1.165, 1.54) is 0 Å². The van der Waals surface area contributed by atoms with Gasteiger partial charge in [-0.05, 0) is 45.4 Å². The van der Waals surface area contributed by atoms with Gasteiger partial charge in [0.1, 0.15) is 0 Å². The van der Waals surface area contributed by atoms with Gasteiger partial charge in [-0.25, -0.2) is 4.79 Å². The largest absolute Gasteiger partial charge is 0.347 e. The van der Waals surface area contributed by atoms with Crippen LogP contribution in [0.1, 0.15) is 57.3 Å². The number of hydrogen-bond acceptors (Lipinski definition) is 2. The van der Waals surface area contributed by atoms with E-state index in [4.69, 9.17) is 0 Å². The van der Waals surface area contributed by atoms with E-state index in [2.05, 4.69) is 22.9 Å². The molecule has 0 heterocycles. The van der Waals surface area contributed by atoms with E-state index >= 15 is 0 Å². The first-order chi connectivity index (χ1) is 10.3. The lowest BCUT2D eigenvalue weighted by atomic mass is 10.1. The van der Waals surface area contributed by atoms with Crippen molar-refractivity contribution in [3.8, 4) is 0 Å². The molecule has 0 aliphatic heterocycles. The van der Waals surface area contributed by atoms with Gasteiger partial charge in [-0.15, -0.1) is 0 Å². The molecule has 0 aromatic heterocycles. The van der Waals surface area contributed by atoms with E-state index in [9.17, 15) is 9.59 Å². The van der Waals surface area contributed by atoms with E-state index in [0.29, 0.717) is 17.8 Å². The van der Waals surface area contributed by atoms with Crippen LogP contribution in [0.4, 0.5) is 10.5 Å². The van der Waals surface area contributed by atoms with Gasteiger partial charge < -0.3 is 16.0 Å². The fraction of sp³-hybridized carbons (Fsp3) is 0.529. The fourth-order valence-electron chi connectivity index (χ4n) is 1.90. The van der Waals surface area contributed by atoms with E-state index in [-0.39, 0.29) is 17.5 Å². The van der Waals surface area contributed by atoms with Crippen molar-refractivity contribution >= 4 is 17.6 Å². The Morgan fingerprint density at radius 3 is 2.50 bits per heavy atom. The van der Waals surface area contributed by atoms with Crippen LogP contribution >= 0.6 is 0 Å². The van der Waals surface area contributed by atoms with Crippen molar-refractivity contribution in [2.45, 2.75) is 52.5 Å². The van der Waals surface area contributed by atoms with Crippen LogP contribution in [0.25, 0.3) is 0 Å². The highest BCUT2D eigenvalue weighted by atomic mass is 16.2. The second-order valence-electron chi connectivity index (χ2n) is 6.37. The Kier molecular flexibility index (Phi) is 6.89. The number of unbranched alkanes of at least 4 members (excludes halogenated alkanes) is 2. The van der Waals surface area contributed by atoms with Gasteiger partial charge in [0, 0.05) is 23.3 Å². The maximum absolute atomic E-state index is 12.1. The summed E-state index contributed by atoms with van der Waals surface area (Å²) in [5.74, 6) is -0.153. The van der Waals surface area contributed by atoms with Crippen LogP contribution in [0.15, 0.2) is 24.3 Å². The fourth-order valence-corrected chi connectivity index (χ4v) is 1.90. The molecule has 0 unspecified atom stereocenters. The number of rotatable bonds is 6. The predicted molar refractivity (Wildman–Crippen MR) is 90.2 cm³/mol. The van der Waals surface area contributed by atoms with Crippen molar-refractivity contribution in [1.29, 1.82) is 0 Å². The van der Waals surface area contributed by atoms with Crippen molar-refractivity contribution in [1.82, 2.24) is 10.6 Å². The van der Waals surface area contributed by atoms with Crippen LogP contribution < -0.4 is 16.0 Å². The molecule has 1 aromatic rings. The summed E-state index contributed by atoms with van der Waals surface area (Å²) < 4.78 is 0. The SMILES string of the molecule is CCCCCNC(=O)Nc1cccc(C(=O)NC(C)(C)C)c1. The predicted octanol–water partition coefficient (Wildman–Crippen LogP) is 3.53. The highest BCUT2D eigenvalue weighted by Crippen LogP contribution is 2.12. The molecule has 0 aliphatic carbocycles. The zero-order valence-electron chi connectivity index (χ0n) is 14.0. The first-order valence-electron chi connectivity index (χ1n) is 7.79. The number of carbonyl (C=O) groups excluding carboxylic acids is 2. The molecule has 0 aliphatic rings. The number of benzene rings is 1. The summed E-state index contributed by atoms with van der Waals surface area (Å²) in [5, 5.41) is 8.45. The van der Waals surface area contributed by atoms with Gasteiger partial charge in [-0.2, -0.15) is 0 Å². The molecule has 0 spiro atoms. The van der Waals surface area contributed by atoms with Crippen molar-refractivity contribution in [2.75, 3.05) is 11.9 Å². The summed E-state index contributed by atoms with van der Waals surface area (Å²) in [6.07, 6.45) is 3.19. The topological polar surface area (TPSA) is 70.2 Å². The summed E-state index contributed by atoms with van der Waals surface area (Å²) in [5.41, 5.74) is 0.838. The second-order valence-corrected chi connectivity index (χ2v) is 6.37. The maximum atomic E-state index is 12.1. The molecule has 22 heavy (non-hydrogen) atoms. The van der Waals surface area contributed by atoms with Gasteiger partial charge in [0.2, 0.25) is 0 Å². The number of hydrogen-bond donors (Lipinski definition) is 3. The number of anilines is 1. The monoisotopic (exact) mass is 305 g/mol. The van der Waals surface area contributed by atoms with E-state index < -0.39 is 0 Å². The summed E-state index contributed by atoms with van der Waals surface area (Å²) in [7, 11) is 0. The Bertz CT molecular complexity index is 507. The van der Waals surface area contributed by atoms with E-state index in [1.807, 2.05) is 20.8 Å². The average molecular weight is 305 g/mol. The maximum Gasteiger partial charge on any atom is 0.319 e. The summed E-state index contributed by atoms with van der Waals surface area (Å²) in [4.78, 5) is 23.9. The zero-order valence-corrected chi connectivity index (χ0v) is 14.0. The molecule has 0 atom stereocenters.